The Balaban J connectivity index is 0.000000443. The van der Waals surface area contributed by atoms with Gasteiger partial charge in [0, 0.05) is 17.1 Å². The Kier molecular flexibility index (Phi) is 11.1. The Labute approximate surface area is 163 Å². The maximum Gasteiger partial charge on any atom is 0.303 e. The van der Waals surface area contributed by atoms with Gasteiger partial charge in [-0.2, -0.15) is 0 Å². The van der Waals surface area contributed by atoms with E-state index in [9.17, 15) is 0 Å². The van der Waals surface area contributed by atoms with Gasteiger partial charge in [0.15, 0.2) is 0 Å². The van der Waals surface area contributed by atoms with Crippen LogP contribution in [0.3, 0.4) is 0 Å². The number of nitrogens with two attached hydrogens (primary N) is 2. The molecule has 0 aliphatic rings. The number of amidine groups is 2. The summed E-state index contributed by atoms with van der Waals surface area (Å²) in [5, 5.41) is 35.0. The van der Waals surface area contributed by atoms with Gasteiger partial charge in [-0.3, -0.25) is 0 Å². The fraction of sp³-hybridized carbons (Fsp3) is 0.143. The fourth-order valence-corrected chi connectivity index (χ4v) is 2.66. The van der Waals surface area contributed by atoms with Crippen LogP contribution >= 0.6 is 22.7 Å². The second kappa shape index (κ2) is 12.2. The molecule has 0 spiro atoms. The summed E-state index contributed by atoms with van der Waals surface area (Å²) in [4.78, 5) is 2.03. The van der Waals surface area contributed by atoms with Gasteiger partial charge in [0.2, 0.25) is 0 Å². The van der Waals surface area contributed by atoms with Crippen molar-refractivity contribution in [3.05, 3.63) is 44.8 Å². The molecule has 8 nitrogen and oxygen atoms in total. The molecule has 0 saturated carbocycles. The first-order valence-electron chi connectivity index (χ1n) is 6.61. The molecule has 0 aliphatic carbocycles. The Morgan fingerprint density at radius 3 is 1.40 bits per heavy atom. The van der Waals surface area contributed by atoms with Crippen molar-refractivity contribution in [2.45, 2.75) is 13.8 Å². The molecule has 2 aromatic heterocycles. The van der Waals surface area contributed by atoms with Crippen LogP contribution in [0.15, 0.2) is 55.4 Å². The van der Waals surface area contributed by atoms with Crippen molar-refractivity contribution in [1.82, 2.24) is 0 Å². The second-order valence-corrected chi connectivity index (χ2v) is 6.14. The van der Waals surface area contributed by atoms with Gasteiger partial charge in [-0.1, -0.05) is 22.3 Å². The molecule has 25 heavy (non-hydrogen) atoms. The van der Waals surface area contributed by atoms with E-state index in [2.05, 4.69) is 20.4 Å². The third kappa shape index (κ3) is 9.62. The van der Waals surface area contributed by atoms with Crippen molar-refractivity contribution < 1.29 is 27.3 Å². The van der Waals surface area contributed by atoms with Crippen LogP contribution in [0.5, 0.6) is 0 Å². The summed E-state index contributed by atoms with van der Waals surface area (Å²) >= 11 is 3.12. The molecule has 2 rings (SSSR count). The molecule has 0 atom stereocenters. The third-order valence-corrected chi connectivity index (χ3v) is 4.32. The number of hydrogen-bond acceptors (Lipinski definition) is 6. The monoisotopic (exact) mass is 421 g/mol. The second-order valence-electron chi connectivity index (χ2n) is 4.24. The van der Waals surface area contributed by atoms with E-state index in [1.54, 1.807) is 36.5 Å². The molecule has 0 unspecified atom stereocenters. The van der Waals surface area contributed by atoms with Crippen LogP contribution in [0.1, 0.15) is 23.6 Å². The van der Waals surface area contributed by atoms with Crippen LogP contribution in [0, 0.1) is 0 Å². The van der Waals surface area contributed by atoms with Crippen LogP contribution in [-0.2, 0) is 17.1 Å². The minimum Gasteiger partial charge on any atom is -0.480 e. The van der Waals surface area contributed by atoms with Gasteiger partial charge in [0.1, 0.15) is 0 Å². The van der Waals surface area contributed by atoms with E-state index < -0.39 is 12.0 Å². The zero-order valence-corrected chi connectivity index (χ0v) is 16.3. The normalized spacial score (nSPS) is 12.9. The van der Waals surface area contributed by atoms with E-state index >= 15 is 0 Å². The smallest absolute Gasteiger partial charge is 0.303 e. The third-order valence-electron chi connectivity index (χ3n) is 2.36. The van der Waals surface area contributed by atoms with Crippen molar-refractivity contribution >= 4 is 46.1 Å². The minimum atomic E-state index is -0.522. The van der Waals surface area contributed by atoms with Crippen LogP contribution < -0.4 is 11.5 Å². The predicted octanol–water partition coefficient (Wildman–Crippen LogP) is 2.69. The van der Waals surface area contributed by atoms with Crippen molar-refractivity contribution in [3.63, 3.8) is 0 Å². The molecule has 0 fully saturated rings. The molecular formula is C14H18MnN6O2S2. The molecule has 0 aliphatic heterocycles. The van der Waals surface area contributed by atoms with Crippen LogP contribution in [-0.4, -0.2) is 33.7 Å². The first-order chi connectivity index (χ1) is 11.4. The van der Waals surface area contributed by atoms with Crippen LogP contribution in [0.4, 0.5) is 0 Å². The molecule has 2 aromatic rings. The summed E-state index contributed by atoms with van der Waals surface area (Å²) in [6.07, 6.45) is 0. The predicted molar refractivity (Wildman–Crippen MR) is 102 cm³/mol. The van der Waals surface area contributed by atoms with Crippen molar-refractivity contribution in [1.29, 1.82) is 0 Å². The molecule has 0 aromatic carbocycles. The van der Waals surface area contributed by atoms with E-state index in [0.717, 1.165) is 21.2 Å². The van der Waals surface area contributed by atoms with Gasteiger partial charge in [0.25, 0.3) is 0 Å². The van der Waals surface area contributed by atoms with Crippen LogP contribution in [0.25, 0.3) is 0 Å². The topological polar surface area (TPSA) is 142 Å². The summed E-state index contributed by atoms with van der Waals surface area (Å²) in [5.74, 6) is 0. The summed E-state index contributed by atoms with van der Waals surface area (Å²) in [6.45, 7) is 3.61. The first kappa shape index (κ1) is 22.8. The zero-order valence-electron chi connectivity index (χ0n) is 13.5. The molecule has 2 heterocycles. The average Bonchev–Trinajstić information content (AvgIpc) is 3.23. The first-order valence-corrected chi connectivity index (χ1v) is 8.37. The van der Waals surface area contributed by atoms with Crippen LogP contribution in [0.2, 0.25) is 0 Å². The van der Waals surface area contributed by atoms with E-state index in [1.807, 2.05) is 35.0 Å². The number of nitrogens with zero attached hydrogens (tertiary/aromatic N) is 4. The molecule has 0 bridgehead atoms. The van der Waals surface area contributed by atoms with Gasteiger partial charge in [-0.05, 0) is 36.7 Å². The van der Waals surface area contributed by atoms with E-state index in [-0.39, 0.29) is 17.1 Å². The molecule has 11 heteroatoms. The molecule has 0 saturated heterocycles. The number of rotatable bonds is 4. The molecule has 6 N–H and O–H groups in total. The standard InChI is InChI=1S/2C7H9N3OS.Mn/c2*1-5(9-10-7(8)11)6-3-2-4-12-6;/h2*2-4H,1H3,(H3,8,10,11);/b2*9-5-;. The Morgan fingerprint density at radius 2 is 1.16 bits per heavy atom. The van der Waals surface area contributed by atoms with E-state index in [1.165, 1.54) is 0 Å². The zero-order chi connectivity index (χ0) is 17.9. The van der Waals surface area contributed by atoms with Crippen molar-refractivity contribution in [3.8, 4) is 0 Å². The molecule has 0 amide bonds. The average molecular weight is 421 g/mol. The van der Waals surface area contributed by atoms with Gasteiger partial charge < -0.3 is 21.7 Å². The maximum absolute atomic E-state index is 8.52. The Hall–Kier alpha value is -2.20. The summed E-state index contributed by atoms with van der Waals surface area (Å²) < 4.78 is 0. The Bertz CT molecular complexity index is 667. The Morgan fingerprint density at radius 1 is 0.800 bits per heavy atom. The largest absolute Gasteiger partial charge is 0.480 e. The number of thiophene rings is 2. The molecule has 135 valence electrons. The van der Waals surface area contributed by atoms with E-state index in [0.29, 0.717) is 0 Å². The SMILES string of the molecule is C/C(=N/N=C(/N)O)c1cccs1.C/C(=N/N=C(/N)O)c1cccs1.[Mn]. The van der Waals surface area contributed by atoms with Gasteiger partial charge in [-0.15, -0.1) is 32.9 Å². The van der Waals surface area contributed by atoms with Gasteiger partial charge in [0.05, 0.1) is 21.2 Å². The number of aliphatic hydroxyl groups excluding tert-OH is 2. The summed E-state index contributed by atoms with van der Waals surface area (Å²) in [6, 6.07) is 6.65. The maximum atomic E-state index is 8.52. The van der Waals surface area contributed by atoms with Gasteiger partial charge >= 0.3 is 12.0 Å². The fourth-order valence-electron chi connectivity index (χ4n) is 1.32. The number of hydrogen-bond donors (Lipinski definition) is 4. The molecule has 1 radical (unpaired) electrons. The minimum absolute atomic E-state index is 0. The summed E-state index contributed by atoms with van der Waals surface area (Å²) in [5.41, 5.74) is 11.3. The quantitative estimate of drug-likeness (QED) is 0.261. The summed E-state index contributed by atoms with van der Waals surface area (Å²) in [7, 11) is 0. The van der Waals surface area contributed by atoms with Gasteiger partial charge in [-0.25, -0.2) is 0 Å². The number of aliphatic hydroxyl groups is 2. The van der Waals surface area contributed by atoms with Crippen molar-refractivity contribution in [2.24, 2.45) is 31.9 Å². The molecular weight excluding hydrogens is 403 g/mol. The van der Waals surface area contributed by atoms with E-state index in [4.69, 9.17) is 21.7 Å². The van der Waals surface area contributed by atoms with Crippen molar-refractivity contribution in [2.75, 3.05) is 0 Å².